The number of hydrogen-bond donors (Lipinski definition) is 0. The molecule has 4 aliphatic heterocycles. The summed E-state index contributed by atoms with van der Waals surface area (Å²) in [6, 6.07) is 0. The Balaban J connectivity index is 0.000000174. The number of esters is 2. The van der Waals surface area contributed by atoms with E-state index >= 15 is 0 Å². The molecule has 224 valence electrons. The van der Waals surface area contributed by atoms with Gasteiger partial charge in [0.2, 0.25) is 0 Å². The van der Waals surface area contributed by atoms with Gasteiger partial charge < -0.3 is 28.4 Å². The summed E-state index contributed by atoms with van der Waals surface area (Å²) in [5.41, 5.74) is 1.62. The van der Waals surface area contributed by atoms with E-state index in [0.29, 0.717) is 60.4 Å². The lowest BCUT2D eigenvalue weighted by molar-refractivity contribution is -0.149. The summed E-state index contributed by atoms with van der Waals surface area (Å²) < 4.78 is 32.3. The van der Waals surface area contributed by atoms with Crippen LogP contribution < -0.4 is 0 Å². The molecule has 9 nitrogen and oxygen atoms in total. The highest BCUT2D eigenvalue weighted by Gasteiger charge is 2.59. The van der Waals surface area contributed by atoms with E-state index in [1.165, 1.54) is 0 Å². The standard InChI is InChI=1S/C14H18O3.2C9H12O3/c1-7(2)8(3)16-12-5-11-10-6-15-9(4)13(10)14(12)17-11;1-6(2)9(10)12-8-4-7(3)11-5-8;1-6(2)9(11)12-8-5-3-4-7(8)10/h10-14H,1,3-6H2,2H3;2*8H,1,3-5H2,2H3. The summed E-state index contributed by atoms with van der Waals surface area (Å²) >= 11 is 0. The van der Waals surface area contributed by atoms with Gasteiger partial charge in [-0.15, -0.1) is 0 Å². The number of rotatable bonds is 7. The third kappa shape index (κ3) is 8.22. The lowest BCUT2D eigenvalue weighted by Gasteiger charge is -2.27. The first kappa shape index (κ1) is 31.9. The monoisotopic (exact) mass is 570 g/mol. The summed E-state index contributed by atoms with van der Waals surface area (Å²) in [6.45, 7) is 28.5. The van der Waals surface area contributed by atoms with E-state index in [9.17, 15) is 14.4 Å². The normalized spacial score (nSPS) is 30.4. The van der Waals surface area contributed by atoms with Gasteiger partial charge in [0, 0.05) is 36.3 Å². The molecule has 5 rings (SSSR count). The lowest BCUT2D eigenvalue weighted by atomic mass is 9.79. The van der Waals surface area contributed by atoms with Gasteiger partial charge in [0.15, 0.2) is 11.9 Å². The Bertz CT molecular complexity index is 1130. The minimum atomic E-state index is -0.505. The predicted molar refractivity (Wildman–Crippen MR) is 152 cm³/mol. The van der Waals surface area contributed by atoms with Gasteiger partial charge in [-0.1, -0.05) is 39.5 Å². The Hall–Kier alpha value is -3.59. The number of carbonyl (C=O) groups excluding carboxylic acids is 3. The number of Topliss-reactive ketones (excluding diaryl/α,β-unsaturated/α-hetero) is 1. The largest absolute Gasteiger partial charge is 0.498 e. The van der Waals surface area contributed by atoms with Gasteiger partial charge in [-0.25, -0.2) is 9.59 Å². The van der Waals surface area contributed by atoms with E-state index in [4.69, 9.17) is 28.4 Å². The van der Waals surface area contributed by atoms with Crippen molar-refractivity contribution in [3.63, 3.8) is 0 Å². The van der Waals surface area contributed by atoms with Crippen molar-refractivity contribution in [3.05, 3.63) is 73.5 Å². The third-order valence-corrected chi connectivity index (χ3v) is 7.46. The Labute approximate surface area is 242 Å². The van der Waals surface area contributed by atoms with Crippen LogP contribution in [0.2, 0.25) is 0 Å². The zero-order valence-electron chi connectivity index (χ0n) is 24.4. The Morgan fingerprint density at radius 1 is 0.878 bits per heavy atom. The SMILES string of the molecule is C=C(C)C(=C)OC1CC2OC1C1C(=C)OCC21.C=C(C)C(=O)OC1CCCC1=O.C=C1CC(OC(=O)C(=C)C)CO1. The molecular formula is C32H42O9. The van der Waals surface area contributed by atoms with Crippen LogP contribution in [0.5, 0.6) is 0 Å². The van der Waals surface area contributed by atoms with Gasteiger partial charge in [0.25, 0.3) is 0 Å². The van der Waals surface area contributed by atoms with Crippen molar-refractivity contribution < 1.29 is 42.8 Å². The fourth-order valence-electron chi connectivity index (χ4n) is 5.15. The second-order valence-corrected chi connectivity index (χ2v) is 11.1. The molecule has 4 saturated heterocycles. The fraction of sp³-hybridized carbons (Fsp3) is 0.531. The summed E-state index contributed by atoms with van der Waals surface area (Å²) in [4.78, 5) is 33.0. The molecule has 4 heterocycles. The van der Waals surface area contributed by atoms with E-state index in [0.717, 1.165) is 30.8 Å². The number of ether oxygens (including phenoxy) is 6. The minimum absolute atomic E-state index is 0.0320. The number of fused-ring (bicyclic) bond motifs is 5. The first-order valence-electron chi connectivity index (χ1n) is 13.8. The second-order valence-electron chi connectivity index (χ2n) is 11.1. The molecule has 41 heavy (non-hydrogen) atoms. The molecule has 0 aromatic rings. The van der Waals surface area contributed by atoms with E-state index in [2.05, 4.69) is 39.5 Å². The quantitative estimate of drug-likeness (QED) is 0.180. The van der Waals surface area contributed by atoms with Gasteiger partial charge in [-0.3, -0.25) is 4.79 Å². The number of carbonyl (C=O) groups is 3. The molecule has 7 unspecified atom stereocenters. The zero-order valence-corrected chi connectivity index (χ0v) is 24.4. The van der Waals surface area contributed by atoms with Gasteiger partial charge >= 0.3 is 11.9 Å². The Morgan fingerprint density at radius 2 is 1.54 bits per heavy atom. The first-order chi connectivity index (χ1) is 19.3. The van der Waals surface area contributed by atoms with Gasteiger partial charge in [-0.2, -0.15) is 0 Å². The van der Waals surface area contributed by atoms with Crippen LogP contribution in [0.4, 0.5) is 0 Å². The molecule has 7 atom stereocenters. The molecule has 0 spiro atoms. The molecular weight excluding hydrogens is 528 g/mol. The van der Waals surface area contributed by atoms with Crippen LogP contribution in [0.15, 0.2) is 73.5 Å². The van der Waals surface area contributed by atoms with Crippen molar-refractivity contribution >= 4 is 17.7 Å². The van der Waals surface area contributed by atoms with Crippen molar-refractivity contribution in [2.75, 3.05) is 13.2 Å². The van der Waals surface area contributed by atoms with Crippen molar-refractivity contribution in [1.82, 2.24) is 0 Å². The van der Waals surface area contributed by atoms with Crippen LogP contribution in [0, 0.1) is 11.8 Å². The number of ketones is 1. The molecule has 9 heteroatoms. The van der Waals surface area contributed by atoms with Crippen molar-refractivity contribution in [2.45, 2.75) is 83.4 Å². The molecule has 1 saturated carbocycles. The van der Waals surface area contributed by atoms with E-state index in [-0.39, 0.29) is 36.2 Å². The first-order valence-corrected chi connectivity index (χ1v) is 13.8. The average molecular weight is 571 g/mol. The maximum Gasteiger partial charge on any atom is 0.333 e. The highest BCUT2D eigenvalue weighted by Crippen LogP contribution is 2.51. The molecule has 5 fully saturated rings. The molecule has 2 bridgehead atoms. The van der Waals surface area contributed by atoms with Gasteiger partial charge in [-0.05, 0) is 39.2 Å². The van der Waals surface area contributed by atoms with Crippen LogP contribution in [-0.2, 0) is 42.8 Å². The molecule has 1 aliphatic carbocycles. The average Bonchev–Trinajstić information content (AvgIpc) is 3.72. The van der Waals surface area contributed by atoms with E-state index < -0.39 is 12.1 Å². The lowest BCUT2D eigenvalue weighted by Crippen LogP contribution is -2.36. The van der Waals surface area contributed by atoms with Crippen LogP contribution in [0.1, 0.15) is 52.9 Å². The summed E-state index contributed by atoms with van der Waals surface area (Å²) in [6.07, 6.45) is 3.27. The van der Waals surface area contributed by atoms with Crippen LogP contribution in [0.3, 0.4) is 0 Å². The van der Waals surface area contributed by atoms with Gasteiger partial charge in [0.05, 0.1) is 30.1 Å². The Kier molecular flexibility index (Phi) is 10.8. The van der Waals surface area contributed by atoms with E-state index in [1.807, 2.05) is 6.92 Å². The highest BCUT2D eigenvalue weighted by atomic mass is 16.6. The molecule has 0 aromatic heterocycles. The fourth-order valence-corrected chi connectivity index (χ4v) is 5.15. The topological polar surface area (TPSA) is 107 Å². The van der Waals surface area contributed by atoms with Crippen LogP contribution in [-0.4, -0.2) is 61.5 Å². The summed E-state index contributed by atoms with van der Waals surface area (Å²) in [7, 11) is 0. The molecule has 5 aliphatic rings. The van der Waals surface area contributed by atoms with E-state index in [1.54, 1.807) is 13.8 Å². The maximum absolute atomic E-state index is 11.0. The number of hydrogen-bond acceptors (Lipinski definition) is 9. The zero-order chi connectivity index (χ0) is 30.4. The summed E-state index contributed by atoms with van der Waals surface area (Å²) in [5, 5.41) is 0. The molecule has 0 radical (unpaired) electrons. The van der Waals surface area contributed by atoms with Gasteiger partial charge in [0.1, 0.15) is 30.7 Å². The van der Waals surface area contributed by atoms with Crippen LogP contribution in [0.25, 0.3) is 0 Å². The maximum atomic E-state index is 11.0. The molecule has 0 N–H and O–H groups in total. The number of allylic oxidation sites excluding steroid dienone is 1. The summed E-state index contributed by atoms with van der Waals surface area (Å²) in [5.74, 6) is 2.18. The molecule has 0 amide bonds. The highest BCUT2D eigenvalue weighted by molar-refractivity contribution is 5.92. The minimum Gasteiger partial charge on any atom is -0.498 e. The second kappa shape index (κ2) is 13.9. The molecule has 0 aromatic carbocycles. The smallest absolute Gasteiger partial charge is 0.333 e. The van der Waals surface area contributed by atoms with Crippen molar-refractivity contribution in [3.8, 4) is 0 Å². The van der Waals surface area contributed by atoms with Crippen molar-refractivity contribution in [2.24, 2.45) is 11.8 Å². The third-order valence-electron chi connectivity index (χ3n) is 7.46. The predicted octanol–water partition coefficient (Wildman–Crippen LogP) is 5.04. The Morgan fingerprint density at radius 3 is 2.07 bits per heavy atom. The van der Waals surface area contributed by atoms with Crippen LogP contribution >= 0.6 is 0 Å². The van der Waals surface area contributed by atoms with Crippen molar-refractivity contribution in [1.29, 1.82) is 0 Å².